The average Bonchev–Trinajstić information content (AvgIpc) is 3.33. The minimum absolute atomic E-state index is 0.0484. The first kappa shape index (κ1) is 18.4. The molecule has 0 spiro atoms. The third kappa shape index (κ3) is 3.96. The second-order valence-electron chi connectivity index (χ2n) is 7.25. The number of nitrogens with zero attached hydrogens (tertiary/aromatic N) is 7. The molecule has 2 aromatic heterocycles. The number of aryl methyl sites for hydroxylation is 2. The minimum Gasteiger partial charge on any atom is -0.337 e. The summed E-state index contributed by atoms with van der Waals surface area (Å²) in [6.07, 6.45) is 5.51. The van der Waals surface area contributed by atoms with Crippen LogP contribution in [0.1, 0.15) is 27.4 Å². The molecule has 0 N–H and O–H groups in total. The molecule has 3 heterocycles. The van der Waals surface area contributed by atoms with E-state index in [1.165, 1.54) is 11.1 Å². The van der Waals surface area contributed by atoms with Gasteiger partial charge in [0.1, 0.15) is 5.82 Å². The van der Waals surface area contributed by atoms with Gasteiger partial charge >= 0.3 is 0 Å². The normalized spacial score (nSPS) is 15.1. The van der Waals surface area contributed by atoms with Gasteiger partial charge in [-0.1, -0.05) is 29.5 Å². The first-order chi connectivity index (χ1) is 13.6. The molecule has 0 atom stereocenters. The summed E-state index contributed by atoms with van der Waals surface area (Å²) < 4.78 is 3.76. The lowest BCUT2D eigenvalue weighted by molar-refractivity contribution is 0.0618. The van der Waals surface area contributed by atoms with Crippen LogP contribution >= 0.6 is 0 Å². The fourth-order valence-electron chi connectivity index (χ4n) is 3.46. The number of carbonyl (C=O) groups excluding carboxylic acids is 1. The molecule has 8 heteroatoms. The van der Waals surface area contributed by atoms with Crippen LogP contribution in [0.25, 0.3) is 0 Å². The molecule has 1 fully saturated rings. The van der Waals surface area contributed by atoms with Gasteiger partial charge in [-0.3, -0.25) is 9.69 Å². The zero-order valence-corrected chi connectivity index (χ0v) is 16.3. The number of piperazine rings is 1. The maximum absolute atomic E-state index is 12.8. The lowest BCUT2D eigenvalue weighted by atomic mass is 10.1. The van der Waals surface area contributed by atoms with Crippen LogP contribution in [-0.4, -0.2) is 66.4 Å². The van der Waals surface area contributed by atoms with Crippen LogP contribution in [0.15, 0.2) is 42.9 Å². The van der Waals surface area contributed by atoms with E-state index >= 15 is 0 Å². The molecule has 1 amide bonds. The summed E-state index contributed by atoms with van der Waals surface area (Å²) in [5.41, 5.74) is 2.79. The maximum atomic E-state index is 12.8. The summed E-state index contributed by atoms with van der Waals surface area (Å²) in [6, 6.07) is 8.17. The average molecular weight is 379 g/mol. The second kappa shape index (κ2) is 7.93. The summed E-state index contributed by atoms with van der Waals surface area (Å²) in [7, 11) is 2.00. The number of hydrogen-bond acceptors (Lipinski definition) is 5. The van der Waals surface area contributed by atoms with Gasteiger partial charge in [0, 0.05) is 45.6 Å². The highest BCUT2D eigenvalue weighted by Crippen LogP contribution is 2.12. The van der Waals surface area contributed by atoms with Crippen molar-refractivity contribution in [1.29, 1.82) is 0 Å². The molecule has 1 aliphatic heterocycles. The molecule has 1 saturated heterocycles. The lowest BCUT2D eigenvalue weighted by Gasteiger charge is -2.34. The molecule has 3 aromatic rings. The van der Waals surface area contributed by atoms with E-state index < -0.39 is 0 Å². The molecule has 146 valence electrons. The Morgan fingerprint density at radius 3 is 2.61 bits per heavy atom. The first-order valence-electron chi connectivity index (χ1n) is 9.52. The number of rotatable bonds is 5. The largest absolute Gasteiger partial charge is 0.337 e. The molecule has 8 nitrogen and oxygen atoms in total. The Kier molecular flexibility index (Phi) is 5.21. The first-order valence-corrected chi connectivity index (χ1v) is 9.52. The number of imidazole rings is 1. The molecule has 0 aliphatic carbocycles. The van der Waals surface area contributed by atoms with Crippen LogP contribution in [0.5, 0.6) is 0 Å². The summed E-state index contributed by atoms with van der Waals surface area (Å²) in [4.78, 5) is 21.3. The number of aromatic nitrogens is 5. The van der Waals surface area contributed by atoms with Crippen molar-refractivity contribution in [3.05, 3.63) is 65.5 Å². The van der Waals surface area contributed by atoms with E-state index in [-0.39, 0.29) is 5.91 Å². The topological polar surface area (TPSA) is 72.1 Å². The van der Waals surface area contributed by atoms with Crippen molar-refractivity contribution in [2.75, 3.05) is 26.2 Å². The fraction of sp³-hybridized carbons (Fsp3) is 0.400. The molecule has 1 aromatic carbocycles. The molecule has 0 saturated carbocycles. The Labute approximate surface area is 164 Å². The van der Waals surface area contributed by atoms with E-state index in [1.54, 1.807) is 10.9 Å². The lowest BCUT2D eigenvalue weighted by Crippen LogP contribution is -2.48. The number of carbonyl (C=O) groups is 1. The van der Waals surface area contributed by atoms with Gasteiger partial charge in [0.25, 0.3) is 5.91 Å². The van der Waals surface area contributed by atoms with Crippen LogP contribution in [0.2, 0.25) is 0 Å². The van der Waals surface area contributed by atoms with Crippen molar-refractivity contribution in [2.45, 2.75) is 20.0 Å². The molecule has 0 unspecified atom stereocenters. The van der Waals surface area contributed by atoms with E-state index in [0.29, 0.717) is 25.3 Å². The zero-order chi connectivity index (χ0) is 19.5. The van der Waals surface area contributed by atoms with Crippen molar-refractivity contribution in [3.8, 4) is 0 Å². The SMILES string of the molecule is Cc1ccccc1Cn1cc(C(=O)N2CCN(Cc3nccn3C)CC2)nn1. The Hall–Kier alpha value is -3.00. The van der Waals surface area contributed by atoms with Gasteiger partial charge in [-0.2, -0.15) is 0 Å². The Bertz CT molecular complexity index is 953. The van der Waals surface area contributed by atoms with E-state index in [2.05, 4.69) is 39.3 Å². The molecule has 0 bridgehead atoms. The van der Waals surface area contributed by atoms with E-state index in [1.807, 2.05) is 41.0 Å². The predicted molar refractivity (Wildman–Crippen MR) is 105 cm³/mol. The smallest absolute Gasteiger partial charge is 0.276 e. The third-order valence-corrected chi connectivity index (χ3v) is 5.30. The quantitative estimate of drug-likeness (QED) is 0.669. The van der Waals surface area contributed by atoms with E-state index in [4.69, 9.17) is 0 Å². The van der Waals surface area contributed by atoms with Gasteiger partial charge in [0.2, 0.25) is 0 Å². The van der Waals surface area contributed by atoms with Gasteiger partial charge in [-0.25, -0.2) is 9.67 Å². The monoisotopic (exact) mass is 379 g/mol. The van der Waals surface area contributed by atoms with Crippen molar-refractivity contribution < 1.29 is 4.79 Å². The van der Waals surface area contributed by atoms with Crippen LogP contribution in [0, 0.1) is 6.92 Å². The molecule has 0 radical (unpaired) electrons. The number of hydrogen-bond donors (Lipinski definition) is 0. The fourth-order valence-corrected chi connectivity index (χ4v) is 3.46. The Morgan fingerprint density at radius 1 is 1.11 bits per heavy atom. The van der Waals surface area contributed by atoms with E-state index in [0.717, 1.165) is 25.5 Å². The zero-order valence-electron chi connectivity index (χ0n) is 16.3. The highest BCUT2D eigenvalue weighted by molar-refractivity contribution is 5.92. The van der Waals surface area contributed by atoms with Crippen molar-refractivity contribution in [3.63, 3.8) is 0 Å². The summed E-state index contributed by atoms with van der Waals surface area (Å²) in [5, 5.41) is 8.24. The number of amides is 1. The molecule has 1 aliphatic rings. The van der Waals surface area contributed by atoms with E-state index in [9.17, 15) is 4.79 Å². The van der Waals surface area contributed by atoms with Gasteiger partial charge in [-0.15, -0.1) is 5.10 Å². The van der Waals surface area contributed by atoms with Gasteiger partial charge in [0.15, 0.2) is 5.69 Å². The van der Waals surface area contributed by atoms with Gasteiger partial charge < -0.3 is 9.47 Å². The van der Waals surface area contributed by atoms with Crippen LogP contribution in [0.3, 0.4) is 0 Å². The predicted octanol–water partition coefficient (Wildman–Crippen LogP) is 1.33. The second-order valence-corrected chi connectivity index (χ2v) is 7.25. The molecular weight excluding hydrogens is 354 g/mol. The highest BCUT2D eigenvalue weighted by Gasteiger charge is 2.24. The molecular formula is C20H25N7O. The van der Waals surface area contributed by atoms with Crippen LogP contribution in [-0.2, 0) is 20.1 Å². The van der Waals surface area contributed by atoms with Gasteiger partial charge in [-0.05, 0) is 18.1 Å². The van der Waals surface area contributed by atoms with Crippen LogP contribution in [0.4, 0.5) is 0 Å². The van der Waals surface area contributed by atoms with Crippen molar-refractivity contribution >= 4 is 5.91 Å². The number of benzene rings is 1. The van der Waals surface area contributed by atoms with Crippen molar-refractivity contribution in [2.24, 2.45) is 7.05 Å². The summed E-state index contributed by atoms with van der Waals surface area (Å²) in [6.45, 7) is 6.53. The standard InChI is InChI=1S/C20H25N7O/c1-16-5-3-4-6-17(16)13-27-14-18(22-23-27)20(28)26-11-9-25(10-12-26)15-19-21-7-8-24(19)2/h3-8,14H,9-13,15H2,1-2H3. The minimum atomic E-state index is -0.0484. The Balaban J connectivity index is 1.34. The summed E-state index contributed by atoms with van der Waals surface area (Å²) >= 11 is 0. The molecule has 4 rings (SSSR count). The van der Waals surface area contributed by atoms with Crippen LogP contribution < -0.4 is 0 Å². The third-order valence-electron chi connectivity index (χ3n) is 5.30. The Morgan fingerprint density at radius 2 is 1.89 bits per heavy atom. The highest BCUT2D eigenvalue weighted by atomic mass is 16.2. The van der Waals surface area contributed by atoms with Crippen molar-refractivity contribution in [1.82, 2.24) is 34.3 Å². The maximum Gasteiger partial charge on any atom is 0.276 e. The molecule has 28 heavy (non-hydrogen) atoms. The summed E-state index contributed by atoms with van der Waals surface area (Å²) in [5.74, 6) is 0.992. The van der Waals surface area contributed by atoms with Gasteiger partial charge in [0.05, 0.1) is 19.3 Å².